The number of fused-ring (bicyclic) bond motifs is 3. The van der Waals surface area contributed by atoms with Crippen molar-refractivity contribution in [1.82, 2.24) is 0 Å². The Labute approximate surface area is 125 Å². The van der Waals surface area contributed by atoms with Crippen molar-refractivity contribution in [2.24, 2.45) is 11.8 Å². The first-order valence-corrected chi connectivity index (χ1v) is 7.15. The van der Waals surface area contributed by atoms with Crippen LogP contribution in [0, 0.1) is 11.8 Å². The van der Waals surface area contributed by atoms with Gasteiger partial charge in [-0.05, 0) is 23.5 Å². The maximum Gasteiger partial charge on any atom is 0.321 e. The summed E-state index contributed by atoms with van der Waals surface area (Å²) in [7, 11) is 0. The van der Waals surface area contributed by atoms with E-state index in [1.165, 1.54) is 0 Å². The van der Waals surface area contributed by atoms with Crippen molar-refractivity contribution in [2.45, 2.75) is 24.7 Å². The molecule has 6 heteroatoms. The number of hydrogen-bond donors (Lipinski definition) is 0. The SMILES string of the molecule is O=C1CC(C2C[C@H]3C(=O)OC(=O)C3c3ccccc32)C(=O)O1. The molecular weight excluding hydrogens is 288 g/mol. The second-order valence-electron chi connectivity index (χ2n) is 5.90. The van der Waals surface area contributed by atoms with Gasteiger partial charge in [-0.2, -0.15) is 0 Å². The lowest BCUT2D eigenvalue weighted by Crippen LogP contribution is -2.31. The third-order valence-corrected chi connectivity index (χ3v) is 4.79. The average molecular weight is 300 g/mol. The Morgan fingerprint density at radius 2 is 1.45 bits per heavy atom. The molecule has 112 valence electrons. The Morgan fingerprint density at radius 1 is 0.773 bits per heavy atom. The van der Waals surface area contributed by atoms with Gasteiger partial charge in [0.05, 0.1) is 24.2 Å². The Kier molecular flexibility index (Phi) is 2.69. The zero-order valence-electron chi connectivity index (χ0n) is 11.5. The van der Waals surface area contributed by atoms with E-state index in [0.717, 1.165) is 5.56 Å². The molecular formula is C16H12O6. The maximum atomic E-state index is 11.9. The van der Waals surface area contributed by atoms with Crippen LogP contribution in [0.5, 0.6) is 0 Å². The number of benzene rings is 1. The van der Waals surface area contributed by atoms with E-state index in [2.05, 4.69) is 4.74 Å². The van der Waals surface area contributed by atoms with Gasteiger partial charge in [-0.1, -0.05) is 24.3 Å². The highest BCUT2D eigenvalue weighted by molar-refractivity contribution is 6.01. The van der Waals surface area contributed by atoms with Crippen LogP contribution >= 0.6 is 0 Å². The van der Waals surface area contributed by atoms with Gasteiger partial charge >= 0.3 is 23.9 Å². The minimum absolute atomic E-state index is 0.0121. The number of carbonyl (C=O) groups excluding carboxylic acids is 4. The molecule has 1 aromatic rings. The zero-order chi connectivity index (χ0) is 15.4. The topological polar surface area (TPSA) is 86.7 Å². The Balaban J connectivity index is 1.81. The zero-order valence-corrected chi connectivity index (χ0v) is 11.5. The van der Waals surface area contributed by atoms with Crippen LogP contribution in [0.3, 0.4) is 0 Å². The van der Waals surface area contributed by atoms with E-state index in [0.29, 0.717) is 12.0 Å². The molecule has 4 atom stereocenters. The standard InChI is InChI=1S/C16H12O6/c17-12-6-10(14(18)21-12)9-5-11-13(16(20)22-15(11)19)8-4-2-1-3-7(8)9/h1-4,9-11,13H,5-6H2/t9?,10?,11-,13?/m1/s1. The Hall–Kier alpha value is -2.50. The first kappa shape index (κ1) is 13.2. The fourth-order valence-electron chi connectivity index (χ4n) is 3.83. The lowest BCUT2D eigenvalue weighted by atomic mass is 9.67. The molecule has 0 N–H and O–H groups in total. The quantitative estimate of drug-likeness (QED) is 0.569. The molecule has 0 amide bonds. The minimum atomic E-state index is -0.604. The van der Waals surface area contributed by atoms with E-state index in [1.54, 1.807) is 12.1 Å². The van der Waals surface area contributed by atoms with Crippen LogP contribution in [0.1, 0.15) is 35.8 Å². The maximum absolute atomic E-state index is 11.9. The molecule has 2 fully saturated rings. The number of ether oxygens (including phenoxy) is 2. The molecule has 3 unspecified atom stereocenters. The van der Waals surface area contributed by atoms with Crippen molar-refractivity contribution >= 4 is 23.9 Å². The van der Waals surface area contributed by atoms with Gasteiger partial charge in [0.15, 0.2) is 0 Å². The molecule has 0 spiro atoms. The number of hydrogen-bond acceptors (Lipinski definition) is 6. The van der Waals surface area contributed by atoms with Gasteiger partial charge in [-0.3, -0.25) is 19.2 Å². The van der Waals surface area contributed by atoms with Crippen molar-refractivity contribution in [1.29, 1.82) is 0 Å². The highest BCUT2D eigenvalue weighted by Crippen LogP contribution is 2.50. The van der Waals surface area contributed by atoms with Gasteiger partial charge in [0, 0.05) is 0 Å². The van der Waals surface area contributed by atoms with E-state index in [1.807, 2.05) is 12.1 Å². The van der Waals surface area contributed by atoms with E-state index in [9.17, 15) is 19.2 Å². The van der Waals surface area contributed by atoms with Gasteiger partial charge in [-0.15, -0.1) is 0 Å². The van der Waals surface area contributed by atoms with Crippen molar-refractivity contribution in [3.05, 3.63) is 35.4 Å². The molecule has 3 aliphatic rings. The molecule has 1 aliphatic carbocycles. The van der Waals surface area contributed by atoms with Gasteiger partial charge < -0.3 is 9.47 Å². The number of carbonyl (C=O) groups is 4. The Bertz CT molecular complexity index is 721. The van der Waals surface area contributed by atoms with Crippen LogP contribution in [0.4, 0.5) is 0 Å². The van der Waals surface area contributed by atoms with Crippen molar-refractivity contribution in [3.8, 4) is 0 Å². The summed E-state index contributed by atoms with van der Waals surface area (Å²) < 4.78 is 9.40. The first-order chi connectivity index (χ1) is 10.6. The summed E-state index contributed by atoms with van der Waals surface area (Å²) in [5, 5.41) is 0. The van der Waals surface area contributed by atoms with Crippen LogP contribution < -0.4 is 0 Å². The molecule has 4 rings (SSSR count). The van der Waals surface area contributed by atoms with E-state index in [-0.39, 0.29) is 12.3 Å². The molecule has 1 aromatic carbocycles. The van der Waals surface area contributed by atoms with Gasteiger partial charge in [0.2, 0.25) is 0 Å². The molecule has 0 radical (unpaired) electrons. The van der Waals surface area contributed by atoms with Crippen LogP contribution in [0.2, 0.25) is 0 Å². The number of cyclic esters (lactones) is 4. The fraction of sp³-hybridized carbons (Fsp3) is 0.375. The Morgan fingerprint density at radius 3 is 2.14 bits per heavy atom. The number of esters is 4. The predicted molar refractivity (Wildman–Crippen MR) is 70.3 cm³/mol. The van der Waals surface area contributed by atoms with Crippen LogP contribution in [0.25, 0.3) is 0 Å². The van der Waals surface area contributed by atoms with Gasteiger partial charge in [0.1, 0.15) is 0 Å². The van der Waals surface area contributed by atoms with E-state index in [4.69, 9.17) is 4.74 Å². The molecule has 0 aromatic heterocycles. The average Bonchev–Trinajstić information content (AvgIpc) is 2.97. The summed E-state index contributed by atoms with van der Waals surface area (Å²) in [4.78, 5) is 47.1. The van der Waals surface area contributed by atoms with Crippen LogP contribution in [-0.2, 0) is 28.7 Å². The lowest BCUT2D eigenvalue weighted by molar-refractivity contribution is -0.155. The largest absolute Gasteiger partial charge is 0.393 e. The third-order valence-electron chi connectivity index (χ3n) is 4.79. The monoisotopic (exact) mass is 300 g/mol. The molecule has 0 saturated carbocycles. The third kappa shape index (κ3) is 1.73. The summed E-state index contributed by atoms with van der Waals surface area (Å²) >= 11 is 0. The van der Waals surface area contributed by atoms with Crippen LogP contribution in [0.15, 0.2) is 24.3 Å². The molecule has 2 heterocycles. The van der Waals surface area contributed by atoms with Crippen molar-refractivity contribution < 1.29 is 28.7 Å². The first-order valence-electron chi connectivity index (χ1n) is 7.15. The number of rotatable bonds is 1. The highest BCUT2D eigenvalue weighted by atomic mass is 16.6. The summed E-state index contributed by atoms with van der Waals surface area (Å²) in [6.45, 7) is 0. The highest BCUT2D eigenvalue weighted by Gasteiger charge is 2.53. The van der Waals surface area contributed by atoms with Gasteiger partial charge in [0.25, 0.3) is 0 Å². The summed E-state index contributed by atoms with van der Waals surface area (Å²) in [6.07, 6.45) is 0.331. The minimum Gasteiger partial charge on any atom is -0.393 e. The molecule has 0 bridgehead atoms. The van der Waals surface area contributed by atoms with Crippen molar-refractivity contribution in [3.63, 3.8) is 0 Å². The normalized spacial score (nSPS) is 33.3. The predicted octanol–water partition coefficient (Wildman–Crippen LogP) is 1.05. The summed E-state index contributed by atoms with van der Waals surface area (Å²) in [6, 6.07) is 7.21. The van der Waals surface area contributed by atoms with Crippen molar-refractivity contribution in [2.75, 3.05) is 0 Å². The summed E-state index contributed by atoms with van der Waals surface area (Å²) in [5.41, 5.74) is 1.54. The van der Waals surface area contributed by atoms with Gasteiger partial charge in [-0.25, -0.2) is 0 Å². The second kappa shape index (κ2) is 4.50. The van der Waals surface area contributed by atoms with E-state index < -0.39 is 41.6 Å². The molecule has 2 aliphatic heterocycles. The fourth-order valence-corrected chi connectivity index (χ4v) is 3.83. The molecule has 6 nitrogen and oxygen atoms in total. The molecule has 2 saturated heterocycles. The molecule has 22 heavy (non-hydrogen) atoms. The second-order valence-corrected chi connectivity index (χ2v) is 5.90. The summed E-state index contributed by atoms with van der Waals surface area (Å²) in [5.74, 6) is -4.28. The lowest BCUT2D eigenvalue weighted by Gasteiger charge is -2.32. The van der Waals surface area contributed by atoms with E-state index >= 15 is 0 Å². The smallest absolute Gasteiger partial charge is 0.321 e. The van der Waals surface area contributed by atoms with Crippen LogP contribution in [-0.4, -0.2) is 23.9 Å².